The Morgan fingerprint density at radius 3 is 2.35 bits per heavy atom. The van der Waals surface area contributed by atoms with Crippen molar-refractivity contribution in [3.63, 3.8) is 0 Å². The lowest BCUT2D eigenvalue weighted by atomic mass is 10.2. The Bertz CT molecular complexity index is 479. The molecule has 0 aliphatic heterocycles. The highest BCUT2D eigenvalue weighted by molar-refractivity contribution is 5.26. The van der Waals surface area contributed by atoms with Crippen molar-refractivity contribution in [3.8, 4) is 0 Å². The van der Waals surface area contributed by atoms with E-state index in [2.05, 4.69) is 12.0 Å². The molecule has 0 amide bonds. The van der Waals surface area contributed by atoms with Gasteiger partial charge in [-0.05, 0) is 52.0 Å². The smallest absolute Gasteiger partial charge is 0.161 e. The highest BCUT2D eigenvalue weighted by Crippen LogP contribution is 2.16. The minimum absolute atomic E-state index is 0.179. The molecule has 20 heavy (non-hydrogen) atoms. The SMILES string of the molecule is C=C/C=C\C(F)=C(/C)O/C(C=C(C)C)=C/C=C(\C)NN. The fourth-order valence-electron chi connectivity index (χ4n) is 1.15. The second-order valence-electron chi connectivity index (χ2n) is 4.39. The monoisotopic (exact) mass is 278 g/mol. The van der Waals surface area contributed by atoms with E-state index in [0.717, 1.165) is 11.3 Å². The zero-order chi connectivity index (χ0) is 15.5. The van der Waals surface area contributed by atoms with E-state index in [4.69, 9.17) is 10.6 Å². The average molecular weight is 278 g/mol. The molecule has 0 heterocycles. The van der Waals surface area contributed by atoms with E-state index in [-0.39, 0.29) is 5.76 Å². The van der Waals surface area contributed by atoms with Gasteiger partial charge in [0.1, 0.15) is 11.5 Å². The van der Waals surface area contributed by atoms with Gasteiger partial charge in [0.25, 0.3) is 0 Å². The van der Waals surface area contributed by atoms with Crippen molar-refractivity contribution in [1.82, 2.24) is 5.43 Å². The Labute approximate surface area is 120 Å². The van der Waals surface area contributed by atoms with Crippen LogP contribution in [-0.4, -0.2) is 0 Å². The van der Waals surface area contributed by atoms with E-state index in [9.17, 15) is 4.39 Å². The third-order valence-electron chi connectivity index (χ3n) is 2.14. The molecule has 0 aromatic heterocycles. The first-order chi connectivity index (χ1) is 9.40. The first kappa shape index (κ1) is 17.9. The average Bonchev–Trinajstić information content (AvgIpc) is 2.40. The molecular formula is C16H23FN2O. The van der Waals surface area contributed by atoms with Crippen molar-refractivity contribution >= 4 is 0 Å². The van der Waals surface area contributed by atoms with Crippen molar-refractivity contribution in [1.29, 1.82) is 0 Å². The number of hydrazine groups is 1. The third kappa shape index (κ3) is 8.11. The molecule has 0 unspecified atom stereocenters. The summed E-state index contributed by atoms with van der Waals surface area (Å²) in [4.78, 5) is 0. The largest absolute Gasteiger partial charge is 0.459 e. The van der Waals surface area contributed by atoms with Crippen LogP contribution in [0.4, 0.5) is 4.39 Å². The lowest BCUT2D eigenvalue weighted by Crippen LogP contribution is -2.18. The summed E-state index contributed by atoms with van der Waals surface area (Å²) in [6.07, 6.45) is 9.59. The Balaban J connectivity index is 5.24. The number of nitrogens with two attached hydrogens (primary N) is 1. The van der Waals surface area contributed by atoms with Gasteiger partial charge in [0.15, 0.2) is 5.83 Å². The van der Waals surface area contributed by atoms with Crippen LogP contribution < -0.4 is 11.3 Å². The van der Waals surface area contributed by atoms with Crippen molar-refractivity contribution in [3.05, 3.63) is 71.7 Å². The molecule has 3 N–H and O–H groups in total. The van der Waals surface area contributed by atoms with Gasteiger partial charge in [0.05, 0.1) is 0 Å². The Morgan fingerprint density at radius 2 is 1.85 bits per heavy atom. The van der Waals surface area contributed by atoms with Gasteiger partial charge in [0.2, 0.25) is 0 Å². The predicted molar refractivity (Wildman–Crippen MR) is 82.8 cm³/mol. The highest BCUT2D eigenvalue weighted by atomic mass is 19.1. The van der Waals surface area contributed by atoms with Crippen LogP contribution in [0.3, 0.4) is 0 Å². The quantitative estimate of drug-likeness (QED) is 0.318. The third-order valence-corrected chi connectivity index (χ3v) is 2.14. The molecule has 0 saturated carbocycles. The Morgan fingerprint density at radius 1 is 1.20 bits per heavy atom. The summed E-state index contributed by atoms with van der Waals surface area (Å²) in [6, 6.07) is 0. The zero-order valence-electron chi connectivity index (χ0n) is 12.5. The van der Waals surface area contributed by atoms with E-state index in [1.54, 1.807) is 19.1 Å². The maximum absolute atomic E-state index is 13.7. The van der Waals surface area contributed by atoms with Crippen LogP contribution in [-0.2, 0) is 4.74 Å². The fraction of sp³-hybridized carbons (Fsp3) is 0.250. The molecule has 0 fully saturated rings. The molecule has 0 aromatic rings. The summed E-state index contributed by atoms with van der Waals surface area (Å²) < 4.78 is 19.2. The van der Waals surface area contributed by atoms with Gasteiger partial charge >= 0.3 is 0 Å². The van der Waals surface area contributed by atoms with E-state index in [1.165, 1.54) is 18.2 Å². The van der Waals surface area contributed by atoms with Crippen LogP contribution in [0.2, 0.25) is 0 Å². The van der Waals surface area contributed by atoms with E-state index >= 15 is 0 Å². The van der Waals surface area contributed by atoms with Crippen LogP contribution in [0.5, 0.6) is 0 Å². The molecule has 0 aliphatic carbocycles. The molecule has 3 nitrogen and oxygen atoms in total. The predicted octanol–water partition coefficient (Wildman–Crippen LogP) is 4.16. The molecule has 4 heteroatoms. The summed E-state index contributed by atoms with van der Waals surface area (Å²) in [7, 11) is 0. The van der Waals surface area contributed by atoms with Crippen LogP contribution in [0.15, 0.2) is 71.7 Å². The maximum Gasteiger partial charge on any atom is 0.161 e. The summed E-state index contributed by atoms with van der Waals surface area (Å²) in [5.74, 6) is 5.53. The Hall–Kier alpha value is -2.07. The van der Waals surface area contributed by atoms with Crippen LogP contribution in [0, 0.1) is 0 Å². The van der Waals surface area contributed by atoms with Crippen molar-refractivity contribution < 1.29 is 9.13 Å². The summed E-state index contributed by atoms with van der Waals surface area (Å²) in [5.41, 5.74) is 4.31. The maximum atomic E-state index is 13.7. The second-order valence-corrected chi connectivity index (χ2v) is 4.39. The highest BCUT2D eigenvalue weighted by Gasteiger charge is 2.02. The van der Waals surface area contributed by atoms with Gasteiger partial charge in [-0.3, -0.25) is 5.84 Å². The molecule has 0 saturated heterocycles. The zero-order valence-corrected chi connectivity index (χ0v) is 12.5. The van der Waals surface area contributed by atoms with Gasteiger partial charge in [-0.25, -0.2) is 4.39 Å². The van der Waals surface area contributed by atoms with Crippen molar-refractivity contribution in [2.24, 2.45) is 5.84 Å². The van der Waals surface area contributed by atoms with Crippen LogP contribution in [0.25, 0.3) is 0 Å². The Kier molecular flexibility index (Phi) is 8.79. The first-order valence-electron chi connectivity index (χ1n) is 6.24. The molecule has 0 radical (unpaired) electrons. The number of ether oxygens (including phenoxy) is 1. The molecular weight excluding hydrogens is 255 g/mol. The van der Waals surface area contributed by atoms with Gasteiger partial charge in [-0.2, -0.15) is 0 Å². The topological polar surface area (TPSA) is 47.3 Å². The van der Waals surface area contributed by atoms with Gasteiger partial charge < -0.3 is 10.2 Å². The minimum Gasteiger partial charge on any atom is -0.459 e. The lowest BCUT2D eigenvalue weighted by Gasteiger charge is -2.08. The summed E-state index contributed by atoms with van der Waals surface area (Å²) >= 11 is 0. The minimum atomic E-state index is -0.449. The number of allylic oxidation sites excluding steroid dienone is 10. The molecule has 0 aliphatic rings. The summed E-state index contributed by atoms with van der Waals surface area (Å²) in [6.45, 7) is 10.7. The number of hydrogen-bond acceptors (Lipinski definition) is 3. The molecule has 0 spiro atoms. The van der Waals surface area contributed by atoms with E-state index in [0.29, 0.717) is 5.76 Å². The summed E-state index contributed by atoms with van der Waals surface area (Å²) in [5, 5.41) is 0. The van der Waals surface area contributed by atoms with Crippen LogP contribution >= 0.6 is 0 Å². The molecule has 0 atom stereocenters. The van der Waals surface area contributed by atoms with Crippen molar-refractivity contribution in [2.45, 2.75) is 27.7 Å². The van der Waals surface area contributed by atoms with E-state index < -0.39 is 5.83 Å². The van der Waals surface area contributed by atoms with Gasteiger partial charge in [-0.15, -0.1) is 0 Å². The van der Waals surface area contributed by atoms with E-state index in [1.807, 2.05) is 26.8 Å². The van der Waals surface area contributed by atoms with Crippen LogP contribution in [0.1, 0.15) is 27.7 Å². The number of nitrogens with one attached hydrogen (secondary N) is 1. The molecule has 0 aromatic carbocycles. The fourth-order valence-corrected chi connectivity index (χ4v) is 1.15. The molecule has 0 bridgehead atoms. The van der Waals surface area contributed by atoms with Gasteiger partial charge in [0, 0.05) is 5.70 Å². The first-order valence-corrected chi connectivity index (χ1v) is 6.24. The lowest BCUT2D eigenvalue weighted by molar-refractivity contribution is 0.306. The molecule has 0 rings (SSSR count). The van der Waals surface area contributed by atoms with Gasteiger partial charge in [-0.1, -0.05) is 24.3 Å². The number of rotatable bonds is 7. The normalized spacial score (nSPS) is 13.9. The molecule has 110 valence electrons. The standard InChI is InChI=1S/C16H23FN2O/c1-6-7-8-16(17)14(5)20-15(11-12(2)3)10-9-13(4)19-18/h6-11,19H,1,18H2,2-5H3/b8-7-,13-9+,15-10+,16-14-. The number of hydrogen-bond donors (Lipinski definition) is 2. The number of halogens is 1. The van der Waals surface area contributed by atoms with Crippen molar-refractivity contribution in [2.75, 3.05) is 0 Å². The second kappa shape index (κ2) is 9.81.